The molecule has 1 rings (SSSR count). The van der Waals surface area contributed by atoms with Gasteiger partial charge in [0.25, 0.3) is 0 Å². The highest BCUT2D eigenvalue weighted by Crippen LogP contribution is 2.17. The summed E-state index contributed by atoms with van der Waals surface area (Å²) in [6.45, 7) is 3.15. The Hall–Kier alpha value is -1.10. The second-order valence-electron chi connectivity index (χ2n) is 3.51. The fraction of sp³-hybridized carbons (Fsp3) is 0.500. The van der Waals surface area contributed by atoms with Gasteiger partial charge in [-0.1, -0.05) is 25.1 Å². The molecule has 0 saturated carbocycles. The number of aliphatic hydroxyl groups excluding tert-OH is 2. The van der Waals surface area contributed by atoms with Gasteiger partial charge in [-0.25, -0.2) is 0 Å². The predicted molar refractivity (Wildman–Crippen MR) is 62.4 cm³/mol. The number of rotatable bonds is 7. The highest BCUT2D eigenvalue weighted by molar-refractivity contribution is 5.32. The highest BCUT2D eigenvalue weighted by atomic mass is 16.5. The molecule has 0 spiro atoms. The molecule has 0 aliphatic rings. The molecule has 90 valence electrons. The van der Waals surface area contributed by atoms with Gasteiger partial charge in [-0.15, -0.1) is 0 Å². The first-order valence-electron chi connectivity index (χ1n) is 5.47. The topological polar surface area (TPSA) is 61.7 Å². The van der Waals surface area contributed by atoms with E-state index in [1.807, 2.05) is 31.2 Å². The van der Waals surface area contributed by atoms with Crippen LogP contribution in [0, 0.1) is 0 Å². The largest absolute Gasteiger partial charge is 0.491 e. The lowest BCUT2D eigenvalue weighted by Gasteiger charge is -2.17. The SMILES string of the molecule is CCNC(CO)COc1ccccc1CO. The molecule has 0 aliphatic heterocycles. The predicted octanol–water partition coefficient (Wildman–Crippen LogP) is 0.528. The maximum atomic E-state index is 9.10. The third-order valence-electron chi connectivity index (χ3n) is 2.30. The smallest absolute Gasteiger partial charge is 0.124 e. The Morgan fingerprint density at radius 2 is 2.06 bits per heavy atom. The highest BCUT2D eigenvalue weighted by Gasteiger charge is 2.08. The van der Waals surface area contributed by atoms with Gasteiger partial charge in [-0.2, -0.15) is 0 Å². The standard InChI is InChI=1S/C12H19NO3/c1-2-13-11(8-15)9-16-12-6-4-3-5-10(12)7-14/h3-6,11,13-15H,2,7-9H2,1H3. The minimum absolute atomic E-state index is 0.0368. The number of hydrogen-bond donors (Lipinski definition) is 3. The molecule has 16 heavy (non-hydrogen) atoms. The van der Waals surface area contributed by atoms with Crippen LogP contribution in [0.3, 0.4) is 0 Å². The van der Waals surface area contributed by atoms with Crippen LogP contribution in [0.4, 0.5) is 0 Å². The lowest BCUT2D eigenvalue weighted by molar-refractivity contribution is 0.181. The zero-order valence-electron chi connectivity index (χ0n) is 9.52. The van der Waals surface area contributed by atoms with Crippen LogP contribution in [0.15, 0.2) is 24.3 Å². The zero-order valence-corrected chi connectivity index (χ0v) is 9.52. The number of nitrogens with one attached hydrogen (secondary N) is 1. The summed E-state index contributed by atoms with van der Waals surface area (Å²) in [5.74, 6) is 0.668. The molecule has 0 bridgehead atoms. The minimum atomic E-state index is -0.0725. The average Bonchev–Trinajstić information content (AvgIpc) is 2.34. The van der Waals surface area contributed by atoms with Crippen LogP contribution in [0.1, 0.15) is 12.5 Å². The van der Waals surface area contributed by atoms with Gasteiger partial charge >= 0.3 is 0 Å². The van der Waals surface area contributed by atoms with Gasteiger partial charge < -0.3 is 20.3 Å². The number of benzene rings is 1. The van der Waals surface area contributed by atoms with E-state index in [4.69, 9.17) is 14.9 Å². The zero-order chi connectivity index (χ0) is 11.8. The Morgan fingerprint density at radius 3 is 2.69 bits per heavy atom. The summed E-state index contributed by atoms with van der Waals surface area (Å²) in [4.78, 5) is 0. The van der Waals surface area contributed by atoms with Crippen molar-refractivity contribution in [3.05, 3.63) is 29.8 Å². The van der Waals surface area contributed by atoms with Crippen molar-refractivity contribution in [2.75, 3.05) is 19.8 Å². The van der Waals surface area contributed by atoms with Crippen molar-refractivity contribution < 1.29 is 14.9 Å². The summed E-state index contributed by atoms with van der Waals surface area (Å²) in [5, 5.41) is 21.3. The van der Waals surface area contributed by atoms with Crippen molar-refractivity contribution in [3.8, 4) is 5.75 Å². The van der Waals surface area contributed by atoms with Crippen LogP contribution in [0.5, 0.6) is 5.75 Å². The Balaban J connectivity index is 2.52. The Bertz CT molecular complexity index is 304. The van der Waals surface area contributed by atoms with E-state index in [1.165, 1.54) is 0 Å². The number of aliphatic hydroxyl groups is 2. The molecule has 1 aromatic rings. The first kappa shape index (κ1) is 13.0. The van der Waals surface area contributed by atoms with Crippen molar-refractivity contribution in [1.29, 1.82) is 0 Å². The van der Waals surface area contributed by atoms with Crippen molar-refractivity contribution in [2.24, 2.45) is 0 Å². The molecule has 0 amide bonds. The van der Waals surface area contributed by atoms with Crippen LogP contribution in [0.2, 0.25) is 0 Å². The van der Waals surface area contributed by atoms with Crippen LogP contribution in [-0.4, -0.2) is 36.0 Å². The number of likely N-dealkylation sites (N-methyl/N-ethyl adjacent to an activating group) is 1. The van der Waals surface area contributed by atoms with Crippen molar-refractivity contribution >= 4 is 0 Å². The van der Waals surface area contributed by atoms with Gasteiger partial charge in [0.05, 0.1) is 19.3 Å². The summed E-state index contributed by atoms with van der Waals surface area (Å²) in [6, 6.07) is 7.27. The van der Waals surface area contributed by atoms with E-state index in [1.54, 1.807) is 0 Å². The van der Waals surface area contributed by atoms with Gasteiger partial charge in [-0.3, -0.25) is 0 Å². The third kappa shape index (κ3) is 3.81. The van der Waals surface area contributed by atoms with Gasteiger partial charge in [-0.05, 0) is 12.6 Å². The maximum absolute atomic E-state index is 9.10. The average molecular weight is 225 g/mol. The van der Waals surface area contributed by atoms with E-state index in [-0.39, 0.29) is 19.3 Å². The fourth-order valence-electron chi connectivity index (χ4n) is 1.43. The van der Waals surface area contributed by atoms with Crippen LogP contribution in [0.25, 0.3) is 0 Å². The van der Waals surface area contributed by atoms with E-state index in [0.717, 1.165) is 12.1 Å². The summed E-state index contributed by atoms with van der Waals surface area (Å²) < 4.78 is 5.55. The molecule has 1 aromatic carbocycles. The molecular weight excluding hydrogens is 206 g/mol. The van der Waals surface area contributed by atoms with Gasteiger partial charge in [0, 0.05) is 5.56 Å². The van der Waals surface area contributed by atoms with E-state index in [0.29, 0.717) is 12.4 Å². The monoisotopic (exact) mass is 225 g/mol. The molecule has 4 nitrogen and oxygen atoms in total. The molecule has 4 heteroatoms. The van der Waals surface area contributed by atoms with Gasteiger partial charge in [0.2, 0.25) is 0 Å². The second kappa shape index (κ2) is 7.22. The Kier molecular flexibility index (Phi) is 5.85. The fourth-order valence-corrected chi connectivity index (χ4v) is 1.43. The first-order chi connectivity index (χ1) is 7.81. The number of ether oxygens (including phenoxy) is 1. The molecule has 0 radical (unpaired) electrons. The third-order valence-corrected chi connectivity index (χ3v) is 2.30. The molecule has 3 N–H and O–H groups in total. The van der Waals surface area contributed by atoms with Crippen LogP contribution >= 0.6 is 0 Å². The molecule has 0 heterocycles. The minimum Gasteiger partial charge on any atom is -0.491 e. The van der Waals surface area contributed by atoms with Crippen LogP contribution in [-0.2, 0) is 6.61 Å². The van der Waals surface area contributed by atoms with Gasteiger partial charge in [0.15, 0.2) is 0 Å². The lowest BCUT2D eigenvalue weighted by atomic mass is 10.2. The molecule has 0 saturated heterocycles. The van der Waals surface area contributed by atoms with Crippen LogP contribution < -0.4 is 10.1 Å². The van der Waals surface area contributed by atoms with Gasteiger partial charge in [0.1, 0.15) is 12.4 Å². The lowest BCUT2D eigenvalue weighted by Crippen LogP contribution is -2.37. The molecular formula is C12H19NO3. The van der Waals surface area contributed by atoms with E-state index in [2.05, 4.69) is 5.32 Å². The second-order valence-corrected chi connectivity index (χ2v) is 3.51. The van der Waals surface area contributed by atoms with E-state index < -0.39 is 0 Å². The normalized spacial score (nSPS) is 12.4. The number of hydrogen-bond acceptors (Lipinski definition) is 4. The molecule has 1 atom stereocenters. The first-order valence-corrected chi connectivity index (χ1v) is 5.47. The maximum Gasteiger partial charge on any atom is 0.124 e. The molecule has 0 aliphatic carbocycles. The summed E-state index contributed by atoms with van der Waals surface area (Å²) in [6.07, 6.45) is 0. The van der Waals surface area contributed by atoms with Crippen molar-refractivity contribution in [1.82, 2.24) is 5.32 Å². The Morgan fingerprint density at radius 1 is 1.31 bits per heavy atom. The number of para-hydroxylation sites is 1. The summed E-state index contributed by atoms with van der Waals surface area (Å²) in [5.41, 5.74) is 0.760. The summed E-state index contributed by atoms with van der Waals surface area (Å²) >= 11 is 0. The molecule has 0 aromatic heterocycles. The molecule has 0 fully saturated rings. The van der Waals surface area contributed by atoms with E-state index in [9.17, 15) is 0 Å². The van der Waals surface area contributed by atoms with Crippen molar-refractivity contribution in [2.45, 2.75) is 19.6 Å². The summed E-state index contributed by atoms with van der Waals surface area (Å²) in [7, 11) is 0. The van der Waals surface area contributed by atoms with E-state index >= 15 is 0 Å². The quantitative estimate of drug-likeness (QED) is 0.633. The molecule has 1 unspecified atom stereocenters. The Labute approximate surface area is 95.9 Å². The van der Waals surface area contributed by atoms with Crippen molar-refractivity contribution in [3.63, 3.8) is 0 Å².